The number of carbonyl (C=O) groups excluding carboxylic acids is 1. The van der Waals surface area contributed by atoms with Gasteiger partial charge in [-0.2, -0.15) is 5.26 Å². The Morgan fingerprint density at radius 3 is 2.47 bits per heavy atom. The standard InChI is InChI=1S/C14H15FN2OS/c1-9(11-4-6-12(15)7-5-11)17-10(2)13(8-16)14(18)19-3/h4-7,9,17H,1-3H3. The van der Waals surface area contributed by atoms with Crippen LogP contribution in [0.5, 0.6) is 0 Å². The summed E-state index contributed by atoms with van der Waals surface area (Å²) in [5.74, 6) is -0.293. The Kier molecular flexibility index (Phi) is 5.58. The van der Waals surface area contributed by atoms with Crippen molar-refractivity contribution in [1.82, 2.24) is 5.32 Å². The van der Waals surface area contributed by atoms with Crippen LogP contribution in [0.1, 0.15) is 25.5 Å². The molecule has 1 N–H and O–H groups in total. The topological polar surface area (TPSA) is 52.9 Å². The molecular formula is C14H15FN2OS. The molecule has 1 atom stereocenters. The lowest BCUT2D eigenvalue weighted by Gasteiger charge is -2.16. The molecule has 0 aliphatic heterocycles. The van der Waals surface area contributed by atoms with Crippen molar-refractivity contribution in [2.75, 3.05) is 6.26 Å². The molecule has 0 amide bonds. The average molecular weight is 278 g/mol. The molecule has 3 nitrogen and oxygen atoms in total. The van der Waals surface area contributed by atoms with Crippen LogP contribution in [0.2, 0.25) is 0 Å². The SMILES string of the molecule is CSC(=O)C(C#N)=C(C)NC(C)c1ccc(F)cc1. The summed E-state index contributed by atoms with van der Waals surface area (Å²) >= 11 is 1.00. The zero-order valence-electron chi connectivity index (χ0n) is 11.0. The predicted octanol–water partition coefficient (Wildman–Crippen LogP) is 3.16. The number of nitrogens with zero attached hydrogens (tertiary/aromatic N) is 1. The molecule has 19 heavy (non-hydrogen) atoms. The van der Waals surface area contributed by atoms with Crippen molar-refractivity contribution in [1.29, 1.82) is 5.26 Å². The van der Waals surface area contributed by atoms with E-state index in [1.165, 1.54) is 12.1 Å². The fourth-order valence-corrected chi connectivity index (χ4v) is 2.02. The van der Waals surface area contributed by atoms with E-state index in [1.54, 1.807) is 25.3 Å². The normalized spacial score (nSPS) is 13.2. The lowest BCUT2D eigenvalue weighted by molar-refractivity contribution is -0.107. The molecule has 0 bridgehead atoms. The molecular weight excluding hydrogens is 263 g/mol. The third-order valence-corrected chi connectivity index (χ3v) is 3.25. The van der Waals surface area contributed by atoms with Crippen LogP contribution in [0.3, 0.4) is 0 Å². The van der Waals surface area contributed by atoms with E-state index in [0.717, 1.165) is 17.3 Å². The Hall–Kier alpha value is -1.80. The van der Waals surface area contributed by atoms with Gasteiger partial charge in [0.2, 0.25) is 5.12 Å². The van der Waals surface area contributed by atoms with Crippen molar-refractivity contribution in [3.63, 3.8) is 0 Å². The van der Waals surface area contributed by atoms with Gasteiger partial charge in [-0.3, -0.25) is 4.79 Å². The Labute approximate surface area is 116 Å². The maximum absolute atomic E-state index is 12.8. The second kappa shape index (κ2) is 6.95. The van der Waals surface area contributed by atoms with Crippen molar-refractivity contribution < 1.29 is 9.18 Å². The number of hydrogen-bond donors (Lipinski definition) is 1. The summed E-state index contributed by atoms with van der Waals surface area (Å²) in [7, 11) is 0. The zero-order chi connectivity index (χ0) is 14.4. The van der Waals surface area contributed by atoms with Crippen LogP contribution in [0.4, 0.5) is 4.39 Å². The van der Waals surface area contributed by atoms with Gasteiger partial charge in [0, 0.05) is 11.7 Å². The Balaban J connectivity index is 2.89. The Morgan fingerprint density at radius 2 is 2.00 bits per heavy atom. The smallest absolute Gasteiger partial charge is 0.231 e. The second-order valence-corrected chi connectivity index (χ2v) is 4.80. The van der Waals surface area contributed by atoms with Gasteiger partial charge in [-0.25, -0.2) is 4.39 Å². The molecule has 1 aromatic carbocycles. The minimum Gasteiger partial charge on any atom is -0.381 e. The minimum atomic E-state index is -0.293. The van der Waals surface area contributed by atoms with Gasteiger partial charge < -0.3 is 5.32 Å². The molecule has 100 valence electrons. The first-order valence-electron chi connectivity index (χ1n) is 5.71. The van der Waals surface area contributed by atoms with Crippen LogP contribution in [-0.4, -0.2) is 11.4 Å². The number of nitrogens with one attached hydrogen (secondary N) is 1. The number of hydrogen-bond acceptors (Lipinski definition) is 4. The van der Waals surface area contributed by atoms with E-state index in [-0.39, 0.29) is 22.5 Å². The van der Waals surface area contributed by atoms with E-state index in [4.69, 9.17) is 5.26 Å². The van der Waals surface area contributed by atoms with E-state index in [2.05, 4.69) is 5.32 Å². The Morgan fingerprint density at radius 1 is 1.42 bits per heavy atom. The van der Waals surface area contributed by atoms with E-state index >= 15 is 0 Å². The summed E-state index contributed by atoms with van der Waals surface area (Å²) in [4.78, 5) is 11.5. The lowest BCUT2D eigenvalue weighted by Crippen LogP contribution is -2.19. The highest BCUT2D eigenvalue weighted by Gasteiger charge is 2.13. The number of allylic oxidation sites excluding steroid dienone is 1. The highest BCUT2D eigenvalue weighted by molar-refractivity contribution is 8.13. The van der Waals surface area contributed by atoms with Crippen LogP contribution in [0, 0.1) is 17.1 Å². The first kappa shape index (κ1) is 15.3. The van der Waals surface area contributed by atoms with E-state index in [0.29, 0.717) is 5.70 Å². The highest BCUT2D eigenvalue weighted by atomic mass is 32.2. The molecule has 1 unspecified atom stereocenters. The number of rotatable bonds is 4. The molecule has 1 rings (SSSR count). The highest BCUT2D eigenvalue weighted by Crippen LogP contribution is 2.17. The van der Waals surface area contributed by atoms with Gasteiger partial charge in [-0.05, 0) is 37.8 Å². The fourth-order valence-electron chi connectivity index (χ4n) is 1.62. The summed E-state index contributed by atoms with van der Waals surface area (Å²) in [6, 6.07) is 7.89. The number of thioether (sulfide) groups is 1. The van der Waals surface area contributed by atoms with Gasteiger partial charge in [0.05, 0.1) is 0 Å². The average Bonchev–Trinajstić information content (AvgIpc) is 2.39. The predicted molar refractivity (Wildman–Crippen MR) is 74.8 cm³/mol. The fraction of sp³-hybridized carbons (Fsp3) is 0.286. The van der Waals surface area contributed by atoms with Gasteiger partial charge >= 0.3 is 0 Å². The molecule has 0 aliphatic rings. The van der Waals surface area contributed by atoms with Crippen LogP contribution < -0.4 is 5.32 Å². The quantitative estimate of drug-likeness (QED) is 0.679. The van der Waals surface area contributed by atoms with Gasteiger partial charge in [0.25, 0.3) is 0 Å². The molecule has 0 radical (unpaired) electrons. The first-order valence-corrected chi connectivity index (χ1v) is 6.93. The van der Waals surface area contributed by atoms with Gasteiger partial charge in [0.1, 0.15) is 17.5 Å². The summed E-state index contributed by atoms with van der Waals surface area (Å²) in [5.41, 5.74) is 1.52. The maximum atomic E-state index is 12.8. The molecule has 0 saturated carbocycles. The lowest BCUT2D eigenvalue weighted by atomic mass is 10.1. The molecule has 0 aromatic heterocycles. The third kappa shape index (κ3) is 4.11. The van der Waals surface area contributed by atoms with Crippen molar-refractivity contribution >= 4 is 16.9 Å². The van der Waals surface area contributed by atoms with Gasteiger partial charge in [0.15, 0.2) is 0 Å². The van der Waals surface area contributed by atoms with Crippen molar-refractivity contribution in [2.24, 2.45) is 0 Å². The van der Waals surface area contributed by atoms with Crippen LogP contribution in [0.25, 0.3) is 0 Å². The number of halogens is 1. The van der Waals surface area contributed by atoms with E-state index in [9.17, 15) is 9.18 Å². The number of nitriles is 1. The second-order valence-electron chi connectivity index (χ2n) is 4.02. The molecule has 0 spiro atoms. The maximum Gasteiger partial charge on any atom is 0.231 e. The zero-order valence-corrected chi connectivity index (χ0v) is 11.8. The first-order chi connectivity index (χ1) is 8.99. The molecule has 0 aliphatic carbocycles. The van der Waals surface area contributed by atoms with Crippen LogP contribution in [0.15, 0.2) is 35.5 Å². The number of benzene rings is 1. The van der Waals surface area contributed by atoms with Crippen molar-refractivity contribution in [3.8, 4) is 6.07 Å². The molecule has 1 aromatic rings. The summed E-state index contributed by atoms with van der Waals surface area (Å²) in [6.45, 7) is 3.57. The third-order valence-electron chi connectivity index (χ3n) is 2.68. The molecule has 0 saturated heterocycles. The summed E-state index contributed by atoms with van der Waals surface area (Å²) < 4.78 is 12.8. The van der Waals surface area contributed by atoms with Crippen LogP contribution >= 0.6 is 11.8 Å². The largest absolute Gasteiger partial charge is 0.381 e. The van der Waals surface area contributed by atoms with E-state index in [1.807, 2.05) is 13.0 Å². The minimum absolute atomic E-state index is 0.112. The van der Waals surface area contributed by atoms with Crippen molar-refractivity contribution in [3.05, 3.63) is 46.9 Å². The summed E-state index contributed by atoms with van der Waals surface area (Å²) in [6.07, 6.45) is 1.64. The molecule has 5 heteroatoms. The Bertz CT molecular complexity index is 531. The monoisotopic (exact) mass is 278 g/mol. The number of carbonyl (C=O) groups is 1. The van der Waals surface area contributed by atoms with Gasteiger partial charge in [-0.1, -0.05) is 23.9 Å². The van der Waals surface area contributed by atoms with E-state index < -0.39 is 0 Å². The summed E-state index contributed by atoms with van der Waals surface area (Å²) in [5, 5.41) is 11.8. The van der Waals surface area contributed by atoms with Crippen LogP contribution in [-0.2, 0) is 4.79 Å². The molecule has 0 heterocycles. The molecule has 0 fully saturated rings. The van der Waals surface area contributed by atoms with Crippen molar-refractivity contribution in [2.45, 2.75) is 19.9 Å². The van der Waals surface area contributed by atoms with Gasteiger partial charge in [-0.15, -0.1) is 0 Å².